The van der Waals surface area contributed by atoms with Crippen LogP contribution >= 0.6 is 0 Å². The number of methoxy groups -OCH3 is 1. The molecule has 0 aromatic heterocycles. The average molecular weight is 303 g/mol. The Kier molecular flexibility index (Phi) is 4.43. The lowest BCUT2D eigenvalue weighted by molar-refractivity contribution is 0.414. The summed E-state index contributed by atoms with van der Waals surface area (Å²) in [5, 5.41) is 0. The van der Waals surface area contributed by atoms with Crippen LogP contribution in [-0.2, 0) is 10.0 Å². The lowest BCUT2D eigenvalue weighted by Crippen LogP contribution is -2.03. The summed E-state index contributed by atoms with van der Waals surface area (Å²) in [6.07, 6.45) is 0. The van der Waals surface area contributed by atoms with E-state index in [1.165, 1.54) is 0 Å². The molecule has 0 spiro atoms. The van der Waals surface area contributed by atoms with E-state index in [2.05, 4.69) is 4.40 Å². The molecule has 0 amide bonds. The second-order valence-corrected chi connectivity index (χ2v) is 6.30. The summed E-state index contributed by atoms with van der Waals surface area (Å²) in [6.45, 7) is 3.57. The second kappa shape index (κ2) is 6.10. The number of ether oxygens (including phenoxy) is 1. The van der Waals surface area contributed by atoms with Crippen molar-refractivity contribution in [3.63, 3.8) is 0 Å². The highest BCUT2D eigenvalue weighted by molar-refractivity contribution is 7.90. The highest BCUT2D eigenvalue weighted by Crippen LogP contribution is 2.17. The van der Waals surface area contributed by atoms with Gasteiger partial charge in [0.25, 0.3) is 10.0 Å². The molecule has 4 nitrogen and oxygen atoms in total. The largest absolute Gasteiger partial charge is 0.497 e. The standard InChI is InChI=1S/C16H17NO3S/c1-12-7-9-16(10-8-12)21(18,19)17-13(2)14-5-4-6-15(11-14)20-3/h4-11H,1-3H3. The Balaban J connectivity index is 2.38. The number of benzene rings is 2. The minimum atomic E-state index is -3.70. The van der Waals surface area contributed by atoms with Gasteiger partial charge in [0.2, 0.25) is 0 Å². The van der Waals surface area contributed by atoms with Gasteiger partial charge in [-0.15, -0.1) is 0 Å². The maximum absolute atomic E-state index is 12.3. The van der Waals surface area contributed by atoms with E-state index in [1.54, 1.807) is 62.6 Å². The van der Waals surface area contributed by atoms with Crippen LogP contribution in [0.25, 0.3) is 0 Å². The first-order valence-corrected chi connectivity index (χ1v) is 7.89. The van der Waals surface area contributed by atoms with E-state index in [0.717, 1.165) is 5.56 Å². The number of rotatable bonds is 4. The molecule has 0 unspecified atom stereocenters. The molecular formula is C16H17NO3S. The second-order valence-electron chi connectivity index (χ2n) is 4.70. The zero-order valence-corrected chi connectivity index (χ0v) is 13.0. The van der Waals surface area contributed by atoms with Gasteiger partial charge in [0, 0.05) is 5.56 Å². The minimum absolute atomic E-state index is 0.190. The van der Waals surface area contributed by atoms with E-state index < -0.39 is 10.0 Å². The third-order valence-corrected chi connectivity index (χ3v) is 4.45. The quantitative estimate of drug-likeness (QED) is 0.815. The van der Waals surface area contributed by atoms with Gasteiger partial charge < -0.3 is 4.74 Å². The van der Waals surface area contributed by atoms with Gasteiger partial charge in [-0.3, -0.25) is 0 Å². The fourth-order valence-electron chi connectivity index (χ4n) is 1.84. The van der Waals surface area contributed by atoms with E-state index in [9.17, 15) is 8.42 Å². The maximum Gasteiger partial charge on any atom is 0.282 e. The number of hydrogen-bond donors (Lipinski definition) is 0. The average Bonchev–Trinajstić information content (AvgIpc) is 2.47. The minimum Gasteiger partial charge on any atom is -0.497 e. The molecule has 0 saturated carbocycles. The maximum atomic E-state index is 12.3. The molecule has 0 aliphatic rings. The molecule has 21 heavy (non-hydrogen) atoms. The van der Waals surface area contributed by atoms with Crippen LogP contribution in [0.2, 0.25) is 0 Å². The van der Waals surface area contributed by atoms with E-state index in [-0.39, 0.29) is 4.90 Å². The van der Waals surface area contributed by atoms with E-state index in [0.29, 0.717) is 17.0 Å². The molecule has 0 aliphatic heterocycles. The monoisotopic (exact) mass is 303 g/mol. The summed E-state index contributed by atoms with van der Waals surface area (Å²) in [4.78, 5) is 0.190. The summed E-state index contributed by atoms with van der Waals surface area (Å²) in [5.41, 5.74) is 2.14. The van der Waals surface area contributed by atoms with Crippen molar-refractivity contribution in [2.24, 2.45) is 4.40 Å². The van der Waals surface area contributed by atoms with Crippen molar-refractivity contribution < 1.29 is 13.2 Å². The molecule has 0 saturated heterocycles. The first-order valence-electron chi connectivity index (χ1n) is 6.45. The van der Waals surface area contributed by atoms with E-state index in [1.807, 2.05) is 6.92 Å². The van der Waals surface area contributed by atoms with Crippen LogP contribution < -0.4 is 4.74 Å². The molecule has 0 radical (unpaired) electrons. The SMILES string of the molecule is COc1cccc(C(C)=NS(=O)(=O)c2ccc(C)cc2)c1. The van der Waals surface area contributed by atoms with Gasteiger partial charge >= 0.3 is 0 Å². The molecule has 2 aromatic carbocycles. The van der Waals surface area contributed by atoms with Gasteiger partial charge in [-0.05, 0) is 38.1 Å². The van der Waals surface area contributed by atoms with Crippen LogP contribution in [0, 0.1) is 6.92 Å². The Morgan fingerprint density at radius 3 is 2.38 bits per heavy atom. The van der Waals surface area contributed by atoms with Gasteiger partial charge in [-0.2, -0.15) is 12.8 Å². The zero-order chi connectivity index (χ0) is 15.5. The topological polar surface area (TPSA) is 55.7 Å². The molecule has 2 aromatic rings. The molecule has 110 valence electrons. The first-order chi connectivity index (χ1) is 9.92. The first kappa shape index (κ1) is 15.3. The van der Waals surface area contributed by atoms with Crippen molar-refractivity contribution in [3.8, 4) is 5.75 Å². The highest BCUT2D eigenvalue weighted by Gasteiger charge is 2.13. The fraction of sp³-hybridized carbons (Fsp3) is 0.188. The Labute approximate surface area is 125 Å². The van der Waals surface area contributed by atoms with Gasteiger partial charge in [0.05, 0.1) is 17.7 Å². The Bertz CT molecular complexity index is 762. The summed E-state index contributed by atoms with van der Waals surface area (Å²) in [5.74, 6) is 0.662. The smallest absolute Gasteiger partial charge is 0.282 e. The van der Waals surface area contributed by atoms with Crippen molar-refractivity contribution in [1.82, 2.24) is 0 Å². The predicted octanol–water partition coefficient (Wildman–Crippen LogP) is 3.20. The Morgan fingerprint density at radius 2 is 1.76 bits per heavy atom. The van der Waals surface area contributed by atoms with Gasteiger partial charge in [0.1, 0.15) is 5.75 Å². The highest BCUT2D eigenvalue weighted by atomic mass is 32.2. The van der Waals surface area contributed by atoms with Crippen molar-refractivity contribution in [2.75, 3.05) is 7.11 Å². The molecule has 0 heterocycles. The molecule has 0 fully saturated rings. The molecule has 0 atom stereocenters. The van der Waals surface area contributed by atoms with Gasteiger partial charge in [0.15, 0.2) is 0 Å². The third-order valence-electron chi connectivity index (χ3n) is 3.06. The number of sulfonamides is 1. The molecule has 2 rings (SSSR count). The summed E-state index contributed by atoms with van der Waals surface area (Å²) in [6, 6.07) is 13.8. The third kappa shape index (κ3) is 3.70. The summed E-state index contributed by atoms with van der Waals surface area (Å²) < 4.78 is 33.5. The molecule has 0 N–H and O–H groups in total. The van der Waals surface area contributed by atoms with Crippen LogP contribution in [0.1, 0.15) is 18.1 Å². The normalized spacial score (nSPS) is 12.2. The van der Waals surface area contributed by atoms with E-state index in [4.69, 9.17) is 4.74 Å². The molecule has 0 bridgehead atoms. The predicted molar refractivity (Wildman–Crippen MR) is 83.6 cm³/mol. The van der Waals surface area contributed by atoms with E-state index >= 15 is 0 Å². The lowest BCUT2D eigenvalue weighted by atomic mass is 10.1. The number of aryl methyl sites for hydroxylation is 1. The molecule has 0 aliphatic carbocycles. The lowest BCUT2D eigenvalue weighted by Gasteiger charge is -2.05. The van der Waals surface area contributed by atoms with Crippen LogP contribution in [0.5, 0.6) is 5.75 Å². The van der Waals surface area contributed by atoms with Crippen LogP contribution in [0.3, 0.4) is 0 Å². The summed E-state index contributed by atoms with van der Waals surface area (Å²) in [7, 11) is -2.13. The van der Waals surface area contributed by atoms with Gasteiger partial charge in [-0.25, -0.2) is 0 Å². The van der Waals surface area contributed by atoms with Crippen molar-refractivity contribution in [2.45, 2.75) is 18.7 Å². The van der Waals surface area contributed by atoms with Crippen LogP contribution in [0.15, 0.2) is 57.8 Å². The van der Waals surface area contributed by atoms with Crippen LogP contribution in [0.4, 0.5) is 0 Å². The Hall–Kier alpha value is -2.14. The van der Waals surface area contributed by atoms with Crippen molar-refractivity contribution >= 4 is 15.7 Å². The number of nitrogens with zero attached hydrogens (tertiary/aromatic N) is 1. The van der Waals surface area contributed by atoms with Crippen molar-refractivity contribution in [1.29, 1.82) is 0 Å². The molecular weight excluding hydrogens is 286 g/mol. The molecule has 5 heteroatoms. The fourth-order valence-corrected chi connectivity index (χ4v) is 2.90. The zero-order valence-electron chi connectivity index (χ0n) is 12.2. The number of hydrogen-bond acceptors (Lipinski definition) is 3. The Morgan fingerprint density at radius 1 is 1.10 bits per heavy atom. The van der Waals surface area contributed by atoms with Gasteiger partial charge in [-0.1, -0.05) is 29.8 Å². The van der Waals surface area contributed by atoms with Crippen LogP contribution in [-0.4, -0.2) is 21.2 Å². The summed E-state index contributed by atoms with van der Waals surface area (Å²) >= 11 is 0. The van der Waals surface area contributed by atoms with Crippen molar-refractivity contribution in [3.05, 3.63) is 59.7 Å².